The highest BCUT2D eigenvalue weighted by Crippen LogP contribution is 2.07. The summed E-state index contributed by atoms with van der Waals surface area (Å²) in [5.41, 5.74) is 0. The van der Waals surface area contributed by atoms with E-state index in [0.29, 0.717) is 0 Å². The van der Waals surface area contributed by atoms with Gasteiger partial charge in [-0.05, 0) is 31.7 Å². The Kier molecular flexibility index (Phi) is 11.7. The van der Waals surface area contributed by atoms with Crippen LogP contribution < -0.4 is 5.32 Å². The summed E-state index contributed by atoms with van der Waals surface area (Å²) >= 11 is 1.83. The van der Waals surface area contributed by atoms with Crippen LogP contribution >= 0.6 is 11.3 Å². The van der Waals surface area contributed by atoms with Gasteiger partial charge in [0.1, 0.15) is 0 Å². The van der Waals surface area contributed by atoms with Crippen molar-refractivity contribution in [2.75, 3.05) is 59.2 Å². The predicted molar refractivity (Wildman–Crippen MR) is 90.3 cm³/mol. The van der Waals surface area contributed by atoms with Crippen LogP contribution in [0.4, 0.5) is 0 Å². The van der Waals surface area contributed by atoms with E-state index in [9.17, 15) is 0 Å². The molecule has 0 atom stereocenters. The second kappa shape index (κ2) is 13.2. The summed E-state index contributed by atoms with van der Waals surface area (Å²) in [7, 11) is 0. The number of ether oxygens (including phenoxy) is 2. The van der Waals surface area contributed by atoms with Gasteiger partial charge in [0.05, 0.1) is 13.2 Å². The van der Waals surface area contributed by atoms with E-state index in [1.807, 2.05) is 25.2 Å². The quantitative estimate of drug-likeness (QED) is 0.534. The molecule has 1 aromatic rings. The van der Waals surface area contributed by atoms with E-state index in [0.717, 1.165) is 65.6 Å². The fourth-order valence-corrected chi connectivity index (χ4v) is 2.75. The SMILES string of the molecule is CCOCCN(CCNCCc1cccs1)CCOCC. The van der Waals surface area contributed by atoms with Crippen molar-refractivity contribution in [2.24, 2.45) is 0 Å². The highest BCUT2D eigenvalue weighted by Gasteiger charge is 2.04. The fraction of sp³-hybridized carbons (Fsp3) is 0.750. The van der Waals surface area contributed by atoms with Gasteiger partial charge in [0.2, 0.25) is 0 Å². The van der Waals surface area contributed by atoms with Crippen molar-refractivity contribution >= 4 is 11.3 Å². The first kappa shape index (κ1) is 18.6. The summed E-state index contributed by atoms with van der Waals surface area (Å²) in [5, 5.41) is 5.66. The molecule has 0 saturated heterocycles. The van der Waals surface area contributed by atoms with Gasteiger partial charge in [-0.15, -0.1) is 11.3 Å². The molecular weight excluding hydrogens is 284 g/mol. The molecule has 0 bridgehead atoms. The third-order valence-corrected chi connectivity index (χ3v) is 4.18. The van der Waals surface area contributed by atoms with E-state index in [4.69, 9.17) is 9.47 Å². The number of hydrogen-bond acceptors (Lipinski definition) is 5. The topological polar surface area (TPSA) is 33.7 Å². The molecule has 122 valence electrons. The first-order chi connectivity index (χ1) is 10.4. The van der Waals surface area contributed by atoms with Crippen LogP contribution in [0.15, 0.2) is 17.5 Å². The summed E-state index contributed by atoms with van der Waals surface area (Å²) in [6.45, 7) is 12.3. The smallest absolute Gasteiger partial charge is 0.0593 e. The van der Waals surface area contributed by atoms with E-state index >= 15 is 0 Å². The number of hydrogen-bond donors (Lipinski definition) is 1. The highest BCUT2D eigenvalue weighted by molar-refractivity contribution is 7.09. The maximum absolute atomic E-state index is 5.45. The fourth-order valence-electron chi connectivity index (χ4n) is 2.04. The van der Waals surface area contributed by atoms with Gasteiger partial charge in [-0.1, -0.05) is 6.07 Å². The zero-order chi connectivity index (χ0) is 15.2. The Bertz CT molecular complexity index is 310. The van der Waals surface area contributed by atoms with Gasteiger partial charge in [-0.25, -0.2) is 0 Å². The van der Waals surface area contributed by atoms with Crippen LogP contribution in [-0.4, -0.2) is 64.1 Å². The largest absolute Gasteiger partial charge is 0.380 e. The molecule has 1 N–H and O–H groups in total. The molecule has 21 heavy (non-hydrogen) atoms. The monoisotopic (exact) mass is 314 g/mol. The average molecular weight is 314 g/mol. The molecular formula is C16H30N2O2S. The normalized spacial score (nSPS) is 11.4. The van der Waals surface area contributed by atoms with E-state index in [-0.39, 0.29) is 0 Å². The summed E-state index contributed by atoms with van der Waals surface area (Å²) in [6, 6.07) is 4.31. The Labute approximate surface area is 133 Å². The zero-order valence-corrected chi connectivity index (χ0v) is 14.3. The van der Waals surface area contributed by atoms with E-state index in [1.165, 1.54) is 4.88 Å². The minimum absolute atomic E-state index is 0.790. The number of rotatable bonds is 14. The average Bonchev–Trinajstić information content (AvgIpc) is 3.00. The third-order valence-electron chi connectivity index (χ3n) is 3.25. The Balaban J connectivity index is 2.08. The van der Waals surface area contributed by atoms with E-state index in [2.05, 4.69) is 27.7 Å². The van der Waals surface area contributed by atoms with Crippen LogP contribution in [0.1, 0.15) is 18.7 Å². The molecule has 1 heterocycles. The predicted octanol–water partition coefficient (Wildman–Crippen LogP) is 2.26. The van der Waals surface area contributed by atoms with Crippen LogP contribution in [0, 0.1) is 0 Å². The van der Waals surface area contributed by atoms with Crippen molar-refractivity contribution in [1.29, 1.82) is 0 Å². The maximum Gasteiger partial charge on any atom is 0.0593 e. The first-order valence-corrected chi connectivity index (χ1v) is 8.85. The minimum atomic E-state index is 0.790. The van der Waals surface area contributed by atoms with Crippen molar-refractivity contribution in [1.82, 2.24) is 10.2 Å². The first-order valence-electron chi connectivity index (χ1n) is 7.97. The minimum Gasteiger partial charge on any atom is -0.380 e. The number of nitrogens with one attached hydrogen (secondary N) is 1. The van der Waals surface area contributed by atoms with Crippen LogP contribution in [0.25, 0.3) is 0 Å². The maximum atomic E-state index is 5.45. The molecule has 4 nitrogen and oxygen atoms in total. The van der Waals surface area contributed by atoms with Gasteiger partial charge in [-0.2, -0.15) is 0 Å². The van der Waals surface area contributed by atoms with Gasteiger partial charge < -0.3 is 14.8 Å². The van der Waals surface area contributed by atoms with Crippen molar-refractivity contribution in [3.8, 4) is 0 Å². The molecule has 1 aromatic heterocycles. The van der Waals surface area contributed by atoms with Gasteiger partial charge in [0.25, 0.3) is 0 Å². The van der Waals surface area contributed by atoms with Crippen LogP contribution in [0.3, 0.4) is 0 Å². The Hall–Kier alpha value is -0.460. The van der Waals surface area contributed by atoms with E-state index in [1.54, 1.807) is 0 Å². The second-order valence-electron chi connectivity index (χ2n) is 4.81. The lowest BCUT2D eigenvalue weighted by Crippen LogP contribution is -2.37. The standard InChI is InChI=1S/C16H30N2O2S/c1-3-19-13-11-18(12-14-20-4-2)10-9-17-8-7-16-6-5-15-21-16/h5-6,15,17H,3-4,7-14H2,1-2H3. The van der Waals surface area contributed by atoms with Crippen LogP contribution in [0.5, 0.6) is 0 Å². The Morgan fingerprint density at radius 3 is 2.33 bits per heavy atom. The summed E-state index contributed by atoms with van der Waals surface area (Å²) in [5.74, 6) is 0. The van der Waals surface area contributed by atoms with Gasteiger partial charge in [0, 0.05) is 50.8 Å². The molecule has 0 spiro atoms. The molecule has 0 aliphatic carbocycles. The zero-order valence-electron chi connectivity index (χ0n) is 13.5. The lowest BCUT2D eigenvalue weighted by atomic mass is 10.3. The molecule has 0 amide bonds. The van der Waals surface area contributed by atoms with Gasteiger partial charge in [-0.3, -0.25) is 4.90 Å². The lowest BCUT2D eigenvalue weighted by molar-refractivity contribution is 0.0832. The molecule has 0 radical (unpaired) electrons. The van der Waals surface area contributed by atoms with Crippen LogP contribution in [-0.2, 0) is 15.9 Å². The molecule has 0 saturated carbocycles. The van der Waals surface area contributed by atoms with E-state index < -0.39 is 0 Å². The van der Waals surface area contributed by atoms with Crippen LogP contribution in [0.2, 0.25) is 0 Å². The lowest BCUT2D eigenvalue weighted by Gasteiger charge is -2.22. The molecule has 0 aromatic carbocycles. The van der Waals surface area contributed by atoms with Crippen molar-refractivity contribution < 1.29 is 9.47 Å². The number of thiophene rings is 1. The summed E-state index contributed by atoms with van der Waals surface area (Å²) in [4.78, 5) is 3.86. The van der Waals surface area contributed by atoms with Crippen molar-refractivity contribution in [3.63, 3.8) is 0 Å². The third kappa shape index (κ3) is 9.98. The Morgan fingerprint density at radius 1 is 1.05 bits per heavy atom. The van der Waals surface area contributed by atoms with Crippen molar-refractivity contribution in [2.45, 2.75) is 20.3 Å². The molecule has 0 unspecified atom stereocenters. The molecule has 0 fully saturated rings. The summed E-state index contributed by atoms with van der Waals surface area (Å²) < 4.78 is 10.9. The molecule has 5 heteroatoms. The highest BCUT2D eigenvalue weighted by atomic mass is 32.1. The summed E-state index contributed by atoms with van der Waals surface area (Å²) in [6.07, 6.45) is 1.12. The van der Waals surface area contributed by atoms with Crippen molar-refractivity contribution in [3.05, 3.63) is 22.4 Å². The molecule has 0 aliphatic rings. The number of nitrogens with zero attached hydrogens (tertiary/aromatic N) is 1. The molecule has 0 aliphatic heterocycles. The van der Waals surface area contributed by atoms with Gasteiger partial charge >= 0.3 is 0 Å². The molecule has 1 rings (SSSR count). The van der Waals surface area contributed by atoms with Gasteiger partial charge in [0.15, 0.2) is 0 Å². The Morgan fingerprint density at radius 2 is 1.76 bits per heavy atom. The second-order valence-corrected chi connectivity index (χ2v) is 5.85.